The molecule has 1 heterocycles. The fraction of sp³-hybridized carbons (Fsp3) is 0.600. The van der Waals surface area contributed by atoms with Gasteiger partial charge in [-0.25, -0.2) is 0 Å². The van der Waals surface area contributed by atoms with Crippen LogP contribution in [0.4, 0.5) is 11.4 Å². The van der Waals surface area contributed by atoms with Gasteiger partial charge < -0.3 is 15.5 Å². The van der Waals surface area contributed by atoms with Gasteiger partial charge in [-0.05, 0) is 70.1 Å². The molecule has 4 heteroatoms. The van der Waals surface area contributed by atoms with Gasteiger partial charge in [-0.1, -0.05) is 0 Å². The van der Waals surface area contributed by atoms with Crippen molar-refractivity contribution in [1.82, 2.24) is 4.90 Å². The maximum absolute atomic E-state index is 5.72. The maximum Gasteiger partial charge on any atom is 0.0367 e. The van der Waals surface area contributed by atoms with Crippen molar-refractivity contribution in [2.24, 2.45) is 5.92 Å². The Kier molecular flexibility index (Phi) is 6.93. The lowest BCUT2D eigenvalue weighted by Crippen LogP contribution is -2.20. The van der Waals surface area contributed by atoms with E-state index in [1.807, 2.05) is 12.1 Å². The molecule has 1 saturated heterocycles. The van der Waals surface area contributed by atoms with Crippen molar-refractivity contribution in [1.29, 1.82) is 0 Å². The Balaban J connectivity index is 0.00000180. The van der Waals surface area contributed by atoms with Gasteiger partial charge in [0.05, 0.1) is 0 Å². The lowest BCUT2D eigenvalue weighted by Gasteiger charge is -2.19. The molecule has 2 rings (SSSR count). The topological polar surface area (TPSA) is 32.5 Å². The third kappa shape index (κ3) is 5.18. The molecule has 1 fully saturated rings. The number of nitrogen functional groups attached to an aromatic ring is 1. The van der Waals surface area contributed by atoms with Crippen LogP contribution in [-0.4, -0.2) is 38.6 Å². The van der Waals surface area contributed by atoms with Crippen LogP contribution in [0.1, 0.15) is 19.3 Å². The zero-order valence-electron chi connectivity index (χ0n) is 12.0. The summed E-state index contributed by atoms with van der Waals surface area (Å²) in [5, 5.41) is 0. The highest BCUT2D eigenvalue weighted by Gasteiger charge is 2.22. The molecule has 3 nitrogen and oxygen atoms in total. The minimum Gasteiger partial charge on any atom is -0.399 e. The van der Waals surface area contributed by atoms with Crippen molar-refractivity contribution in [2.75, 3.05) is 44.4 Å². The Bertz CT molecular complexity index is 364. The second-order valence-electron chi connectivity index (χ2n) is 5.64. The zero-order valence-corrected chi connectivity index (χ0v) is 14.3. The quantitative estimate of drug-likeness (QED) is 0.634. The highest BCUT2D eigenvalue weighted by atomic mass is 127. The van der Waals surface area contributed by atoms with Crippen molar-refractivity contribution in [2.45, 2.75) is 19.3 Å². The van der Waals surface area contributed by atoms with Crippen LogP contribution < -0.4 is 10.6 Å². The number of halogens is 1. The van der Waals surface area contributed by atoms with Gasteiger partial charge in [-0.3, -0.25) is 0 Å². The average Bonchev–Trinajstić information content (AvgIpc) is 2.78. The van der Waals surface area contributed by atoms with Gasteiger partial charge in [0.15, 0.2) is 0 Å². The molecule has 108 valence electrons. The van der Waals surface area contributed by atoms with Crippen LogP contribution in [0.5, 0.6) is 0 Å². The molecular weight excluding hydrogens is 349 g/mol. The summed E-state index contributed by atoms with van der Waals surface area (Å²) in [6.45, 7) is 3.60. The Hall–Kier alpha value is -0.490. The minimum absolute atomic E-state index is 0. The van der Waals surface area contributed by atoms with E-state index in [-0.39, 0.29) is 24.0 Å². The largest absolute Gasteiger partial charge is 0.399 e. The number of rotatable bonds is 5. The highest BCUT2D eigenvalue weighted by molar-refractivity contribution is 14.0. The molecule has 19 heavy (non-hydrogen) atoms. The molecule has 1 aliphatic rings. The summed E-state index contributed by atoms with van der Waals surface area (Å²) in [7, 11) is 4.30. The fourth-order valence-corrected chi connectivity index (χ4v) is 2.68. The van der Waals surface area contributed by atoms with E-state index < -0.39 is 0 Å². The summed E-state index contributed by atoms with van der Waals surface area (Å²) < 4.78 is 0. The molecule has 0 spiro atoms. The number of benzene rings is 1. The Morgan fingerprint density at radius 1 is 1.26 bits per heavy atom. The Labute approximate surface area is 134 Å². The molecule has 2 N–H and O–H groups in total. The van der Waals surface area contributed by atoms with Crippen LogP contribution in [0.25, 0.3) is 0 Å². The molecule has 1 aromatic rings. The third-order valence-corrected chi connectivity index (χ3v) is 3.76. The number of hydrogen-bond acceptors (Lipinski definition) is 3. The van der Waals surface area contributed by atoms with E-state index in [4.69, 9.17) is 5.73 Å². The van der Waals surface area contributed by atoms with E-state index >= 15 is 0 Å². The van der Waals surface area contributed by atoms with Gasteiger partial charge >= 0.3 is 0 Å². The van der Waals surface area contributed by atoms with Crippen LogP contribution in [0, 0.1) is 5.92 Å². The van der Waals surface area contributed by atoms with Crippen molar-refractivity contribution in [3.63, 3.8) is 0 Å². The van der Waals surface area contributed by atoms with Gasteiger partial charge in [0.25, 0.3) is 0 Å². The molecule has 0 radical (unpaired) electrons. The summed E-state index contributed by atoms with van der Waals surface area (Å²) >= 11 is 0. The van der Waals surface area contributed by atoms with Gasteiger partial charge in [0.1, 0.15) is 0 Å². The van der Waals surface area contributed by atoms with E-state index in [0.717, 1.165) is 11.6 Å². The molecule has 1 aromatic carbocycles. The molecule has 1 aliphatic heterocycles. The second kappa shape index (κ2) is 7.94. The highest BCUT2D eigenvalue weighted by Crippen LogP contribution is 2.26. The second-order valence-corrected chi connectivity index (χ2v) is 5.64. The Morgan fingerprint density at radius 2 is 1.95 bits per heavy atom. The lowest BCUT2D eigenvalue weighted by atomic mass is 10.0. The molecule has 0 bridgehead atoms. The van der Waals surface area contributed by atoms with Crippen molar-refractivity contribution >= 4 is 35.4 Å². The third-order valence-electron chi connectivity index (χ3n) is 3.76. The van der Waals surface area contributed by atoms with Crippen LogP contribution in [0.3, 0.4) is 0 Å². The molecule has 0 aromatic heterocycles. The summed E-state index contributed by atoms with van der Waals surface area (Å²) in [5.74, 6) is 0.863. The van der Waals surface area contributed by atoms with Crippen molar-refractivity contribution < 1.29 is 0 Å². The predicted molar refractivity (Wildman–Crippen MR) is 94.4 cm³/mol. The van der Waals surface area contributed by atoms with E-state index in [0.29, 0.717) is 0 Å². The van der Waals surface area contributed by atoms with Crippen LogP contribution in [-0.2, 0) is 0 Å². The van der Waals surface area contributed by atoms with Crippen molar-refractivity contribution in [3.8, 4) is 0 Å². The number of nitrogens with two attached hydrogens (primary N) is 1. The van der Waals surface area contributed by atoms with E-state index in [1.54, 1.807) is 0 Å². The number of hydrogen-bond donors (Lipinski definition) is 1. The molecule has 1 unspecified atom stereocenters. The summed E-state index contributed by atoms with van der Waals surface area (Å²) in [4.78, 5) is 4.76. The first kappa shape index (κ1) is 16.6. The first-order valence-corrected chi connectivity index (χ1v) is 6.90. The fourth-order valence-electron chi connectivity index (χ4n) is 2.68. The molecule has 0 aliphatic carbocycles. The van der Waals surface area contributed by atoms with Crippen molar-refractivity contribution in [3.05, 3.63) is 24.3 Å². The average molecular weight is 375 g/mol. The summed E-state index contributed by atoms with van der Waals surface area (Å²) in [6.07, 6.45) is 3.99. The smallest absolute Gasteiger partial charge is 0.0367 e. The SMILES string of the molecule is CN(C)CCCC1CCN(c2ccc(N)cc2)C1.I. The zero-order chi connectivity index (χ0) is 13.0. The predicted octanol–water partition coefficient (Wildman–Crippen LogP) is 3.05. The van der Waals surface area contributed by atoms with Gasteiger partial charge in [-0.2, -0.15) is 0 Å². The summed E-state index contributed by atoms with van der Waals surface area (Å²) in [6, 6.07) is 8.26. The molecule has 0 amide bonds. The monoisotopic (exact) mass is 375 g/mol. The standard InChI is InChI=1S/C15H25N3.HI/c1-17(2)10-3-4-13-9-11-18(12-13)15-7-5-14(16)6-8-15;/h5-8,13H,3-4,9-12,16H2,1-2H3;1H. The molecule has 0 saturated carbocycles. The van der Waals surface area contributed by atoms with Crippen LogP contribution in [0.2, 0.25) is 0 Å². The Morgan fingerprint density at radius 3 is 2.58 bits per heavy atom. The van der Waals surface area contributed by atoms with E-state index in [9.17, 15) is 0 Å². The van der Waals surface area contributed by atoms with Gasteiger partial charge in [0, 0.05) is 24.5 Å². The number of anilines is 2. The molecule has 1 atom stereocenters. The van der Waals surface area contributed by atoms with Crippen LogP contribution >= 0.6 is 24.0 Å². The number of nitrogens with zero attached hydrogens (tertiary/aromatic N) is 2. The van der Waals surface area contributed by atoms with Gasteiger partial charge in [0.2, 0.25) is 0 Å². The normalized spacial score (nSPS) is 18.7. The van der Waals surface area contributed by atoms with Crippen LogP contribution in [0.15, 0.2) is 24.3 Å². The van der Waals surface area contributed by atoms with E-state index in [1.165, 1.54) is 44.6 Å². The minimum atomic E-state index is 0. The first-order valence-electron chi connectivity index (χ1n) is 6.90. The molecular formula is C15H26IN3. The lowest BCUT2D eigenvalue weighted by molar-refractivity contribution is 0.373. The van der Waals surface area contributed by atoms with Gasteiger partial charge in [-0.15, -0.1) is 24.0 Å². The maximum atomic E-state index is 5.72. The van der Waals surface area contributed by atoms with E-state index in [2.05, 4.69) is 36.0 Å². The summed E-state index contributed by atoms with van der Waals surface area (Å²) in [5.41, 5.74) is 7.89. The first-order chi connectivity index (χ1) is 8.65.